The molecule has 0 spiro atoms. The Balaban J connectivity index is 2.07. The molecule has 0 N–H and O–H groups in total. The van der Waals surface area contributed by atoms with Gasteiger partial charge in [-0.15, -0.1) is 0 Å². The van der Waals surface area contributed by atoms with Crippen LogP contribution < -0.4 is 9.47 Å². The van der Waals surface area contributed by atoms with Crippen molar-refractivity contribution < 1.29 is 9.47 Å². The first-order chi connectivity index (χ1) is 8.34. The molecular weight excluding hydrogens is 240 g/mol. The number of fused-ring (bicyclic) bond motifs is 1. The van der Waals surface area contributed by atoms with Crippen LogP contribution in [0.2, 0.25) is 5.15 Å². The van der Waals surface area contributed by atoms with Gasteiger partial charge in [-0.3, -0.25) is 0 Å². The minimum Gasteiger partial charge on any atom is -0.486 e. The van der Waals surface area contributed by atoms with E-state index in [9.17, 15) is 0 Å². The average molecular weight is 249 g/mol. The van der Waals surface area contributed by atoms with Crippen molar-refractivity contribution in [3.63, 3.8) is 0 Å². The van der Waals surface area contributed by atoms with Gasteiger partial charge in [0.15, 0.2) is 11.5 Å². The van der Waals surface area contributed by atoms with E-state index in [4.69, 9.17) is 21.1 Å². The summed E-state index contributed by atoms with van der Waals surface area (Å²) in [4.78, 5) is 7.92. The number of hydrogen-bond donors (Lipinski definition) is 0. The second-order valence-electron chi connectivity index (χ2n) is 3.59. The molecule has 0 aliphatic carbocycles. The summed E-state index contributed by atoms with van der Waals surface area (Å²) in [6.07, 6.45) is 3.10. The summed E-state index contributed by atoms with van der Waals surface area (Å²) in [5.41, 5.74) is 1.70. The molecule has 0 saturated heterocycles. The summed E-state index contributed by atoms with van der Waals surface area (Å²) < 4.78 is 11.0. The van der Waals surface area contributed by atoms with Crippen LogP contribution in [-0.2, 0) is 0 Å². The first-order valence-corrected chi connectivity index (χ1v) is 5.58. The van der Waals surface area contributed by atoms with Gasteiger partial charge in [0.05, 0.1) is 0 Å². The summed E-state index contributed by atoms with van der Waals surface area (Å²) in [7, 11) is 0. The van der Waals surface area contributed by atoms with E-state index in [-0.39, 0.29) is 0 Å². The molecule has 0 radical (unpaired) electrons. The lowest BCUT2D eigenvalue weighted by molar-refractivity contribution is 0.171. The molecule has 2 aromatic rings. The number of aromatic nitrogens is 2. The fourth-order valence-corrected chi connectivity index (χ4v) is 1.92. The predicted molar refractivity (Wildman–Crippen MR) is 63.5 cm³/mol. The van der Waals surface area contributed by atoms with Crippen molar-refractivity contribution in [1.29, 1.82) is 0 Å². The van der Waals surface area contributed by atoms with Gasteiger partial charge in [0, 0.05) is 11.8 Å². The Kier molecular flexibility index (Phi) is 2.57. The predicted octanol–water partition coefficient (Wildman–Crippen LogP) is 2.57. The number of rotatable bonds is 1. The topological polar surface area (TPSA) is 44.2 Å². The van der Waals surface area contributed by atoms with E-state index >= 15 is 0 Å². The van der Waals surface area contributed by atoms with Gasteiger partial charge in [-0.2, -0.15) is 0 Å². The fourth-order valence-electron chi connectivity index (χ4n) is 1.72. The zero-order valence-electron chi connectivity index (χ0n) is 8.89. The van der Waals surface area contributed by atoms with Crippen LogP contribution in [0, 0.1) is 0 Å². The van der Waals surface area contributed by atoms with Crippen LogP contribution in [0.1, 0.15) is 0 Å². The second-order valence-corrected chi connectivity index (χ2v) is 3.94. The molecule has 1 aromatic carbocycles. The minimum absolute atomic E-state index is 0.427. The van der Waals surface area contributed by atoms with Gasteiger partial charge < -0.3 is 9.47 Å². The van der Waals surface area contributed by atoms with Gasteiger partial charge in [0.25, 0.3) is 0 Å². The molecule has 3 rings (SSSR count). The maximum Gasteiger partial charge on any atom is 0.161 e. The smallest absolute Gasteiger partial charge is 0.161 e. The quantitative estimate of drug-likeness (QED) is 0.728. The molecule has 86 valence electrons. The number of benzene rings is 1. The molecule has 0 saturated carbocycles. The monoisotopic (exact) mass is 248 g/mol. The van der Waals surface area contributed by atoms with Crippen LogP contribution in [0.5, 0.6) is 11.5 Å². The van der Waals surface area contributed by atoms with Crippen LogP contribution >= 0.6 is 11.6 Å². The van der Waals surface area contributed by atoms with Gasteiger partial charge >= 0.3 is 0 Å². The Morgan fingerprint density at radius 1 is 1.12 bits per heavy atom. The van der Waals surface area contributed by atoms with E-state index in [1.54, 1.807) is 6.20 Å². The van der Waals surface area contributed by atoms with Crippen molar-refractivity contribution in [2.24, 2.45) is 0 Å². The van der Waals surface area contributed by atoms with E-state index in [0.717, 1.165) is 22.6 Å². The molecule has 0 bridgehead atoms. The standard InChI is InChI=1S/C12H9ClN2O2/c13-12-9(6-14-7-15-12)8-1-2-10-11(5-8)17-4-3-16-10/h1-2,5-7H,3-4H2. The normalized spacial score (nSPS) is 13.5. The molecule has 5 heteroatoms. The third kappa shape index (κ3) is 1.91. The molecule has 1 aromatic heterocycles. The first kappa shape index (κ1) is 10.4. The zero-order valence-corrected chi connectivity index (χ0v) is 9.65. The SMILES string of the molecule is Clc1ncncc1-c1ccc2c(c1)OCCO2. The molecule has 17 heavy (non-hydrogen) atoms. The highest BCUT2D eigenvalue weighted by atomic mass is 35.5. The Labute approximate surface area is 103 Å². The lowest BCUT2D eigenvalue weighted by Crippen LogP contribution is -2.15. The average Bonchev–Trinajstić information content (AvgIpc) is 2.39. The molecule has 4 nitrogen and oxygen atoms in total. The highest BCUT2D eigenvalue weighted by molar-refractivity contribution is 6.32. The number of hydrogen-bond acceptors (Lipinski definition) is 4. The second kappa shape index (κ2) is 4.22. The Morgan fingerprint density at radius 2 is 1.94 bits per heavy atom. The molecule has 0 unspecified atom stereocenters. The summed E-state index contributed by atoms with van der Waals surface area (Å²) in [5.74, 6) is 1.49. The van der Waals surface area contributed by atoms with E-state index in [2.05, 4.69) is 9.97 Å². The summed E-state index contributed by atoms with van der Waals surface area (Å²) in [6, 6.07) is 5.67. The third-order valence-corrected chi connectivity index (χ3v) is 2.82. The molecule has 2 heterocycles. The highest BCUT2D eigenvalue weighted by Crippen LogP contribution is 2.35. The van der Waals surface area contributed by atoms with Crippen molar-refractivity contribution in [2.75, 3.05) is 13.2 Å². The molecular formula is C12H9ClN2O2. The van der Waals surface area contributed by atoms with E-state index in [1.807, 2.05) is 18.2 Å². The number of halogens is 1. The van der Waals surface area contributed by atoms with Crippen LogP contribution in [-0.4, -0.2) is 23.2 Å². The Bertz CT molecular complexity index is 560. The number of ether oxygens (including phenoxy) is 2. The van der Waals surface area contributed by atoms with Crippen molar-refractivity contribution in [2.45, 2.75) is 0 Å². The molecule has 0 fully saturated rings. The molecule has 1 aliphatic rings. The van der Waals surface area contributed by atoms with Crippen LogP contribution in [0.4, 0.5) is 0 Å². The van der Waals surface area contributed by atoms with Crippen LogP contribution in [0.25, 0.3) is 11.1 Å². The zero-order chi connectivity index (χ0) is 11.7. The third-order valence-electron chi connectivity index (χ3n) is 2.52. The maximum absolute atomic E-state index is 6.02. The van der Waals surface area contributed by atoms with Gasteiger partial charge in [-0.1, -0.05) is 17.7 Å². The maximum atomic E-state index is 6.02. The lowest BCUT2D eigenvalue weighted by atomic mass is 10.1. The van der Waals surface area contributed by atoms with Gasteiger partial charge in [0.2, 0.25) is 0 Å². The van der Waals surface area contributed by atoms with Crippen molar-refractivity contribution in [1.82, 2.24) is 9.97 Å². The molecule has 0 atom stereocenters. The summed E-state index contributed by atoms with van der Waals surface area (Å²) in [6.45, 7) is 1.15. The Hall–Kier alpha value is -1.81. The molecule has 0 amide bonds. The van der Waals surface area contributed by atoms with Crippen molar-refractivity contribution >= 4 is 11.6 Å². The fraction of sp³-hybridized carbons (Fsp3) is 0.167. The largest absolute Gasteiger partial charge is 0.486 e. The summed E-state index contributed by atoms with van der Waals surface area (Å²) >= 11 is 6.02. The van der Waals surface area contributed by atoms with E-state index < -0.39 is 0 Å². The lowest BCUT2D eigenvalue weighted by Gasteiger charge is -2.18. The number of nitrogens with zero attached hydrogens (tertiary/aromatic N) is 2. The van der Waals surface area contributed by atoms with Gasteiger partial charge in [-0.25, -0.2) is 9.97 Å². The van der Waals surface area contributed by atoms with E-state index in [1.165, 1.54) is 6.33 Å². The summed E-state index contributed by atoms with van der Waals surface area (Å²) in [5, 5.41) is 0.427. The minimum atomic E-state index is 0.427. The van der Waals surface area contributed by atoms with E-state index in [0.29, 0.717) is 18.4 Å². The van der Waals surface area contributed by atoms with Crippen molar-refractivity contribution in [3.05, 3.63) is 35.9 Å². The van der Waals surface area contributed by atoms with Crippen LogP contribution in [0.3, 0.4) is 0 Å². The highest BCUT2D eigenvalue weighted by Gasteiger charge is 2.13. The van der Waals surface area contributed by atoms with Crippen molar-refractivity contribution in [3.8, 4) is 22.6 Å². The van der Waals surface area contributed by atoms with Gasteiger partial charge in [-0.05, 0) is 17.7 Å². The first-order valence-electron chi connectivity index (χ1n) is 5.20. The van der Waals surface area contributed by atoms with Gasteiger partial charge in [0.1, 0.15) is 24.7 Å². The Morgan fingerprint density at radius 3 is 2.76 bits per heavy atom. The van der Waals surface area contributed by atoms with Crippen LogP contribution in [0.15, 0.2) is 30.7 Å². The molecule has 1 aliphatic heterocycles.